The van der Waals surface area contributed by atoms with Crippen LogP contribution < -0.4 is 0 Å². The van der Waals surface area contributed by atoms with Crippen molar-refractivity contribution in [2.45, 2.75) is 4.90 Å². The third-order valence-corrected chi connectivity index (χ3v) is 3.98. The van der Waals surface area contributed by atoms with Crippen LogP contribution in [0.5, 0.6) is 0 Å². The second-order valence-electron chi connectivity index (χ2n) is 2.65. The van der Waals surface area contributed by atoms with Gasteiger partial charge in [0.2, 0.25) is 9.84 Å². The van der Waals surface area contributed by atoms with Crippen molar-refractivity contribution in [2.24, 2.45) is 0 Å². The quantitative estimate of drug-likeness (QED) is 0.759. The second kappa shape index (κ2) is 5.01. The van der Waals surface area contributed by atoms with Crippen molar-refractivity contribution in [3.63, 3.8) is 0 Å². The summed E-state index contributed by atoms with van der Waals surface area (Å²) < 4.78 is 23.7. The van der Waals surface area contributed by atoms with E-state index >= 15 is 0 Å². The van der Waals surface area contributed by atoms with Gasteiger partial charge in [-0.25, -0.2) is 8.42 Å². The Morgan fingerprint density at radius 2 is 2.00 bits per heavy atom. The Labute approximate surface area is 93.3 Å². The molecular formula is C10H9NO2S2. The van der Waals surface area contributed by atoms with Gasteiger partial charge in [0.15, 0.2) is 4.91 Å². The summed E-state index contributed by atoms with van der Waals surface area (Å²) in [4.78, 5) is -0.0759. The van der Waals surface area contributed by atoms with Crippen molar-refractivity contribution in [3.8, 4) is 6.07 Å². The van der Waals surface area contributed by atoms with Crippen LogP contribution in [0.25, 0.3) is 0 Å². The van der Waals surface area contributed by atoms with E-state index in [4.69, 9.17) is 5.26 Å². The first-order valence-corrected chi connectivity index (χ1v) is 6.83. The highest BCUT2D eigenvalue weighted by atomic mass is 32.2. The monoisotopic (exact) mass is 239 g/mol. The van der Waals surface area contributed by atoms with Gasteiger partial charge in [0.05, 0.1) is 4.90 Å². The normalized spacial score (nSPS) is 12.1. The van der Waals surface area contributed by atoms with Crippen LogP contribution in [0.1, 0.15) is 0 Å². The molecule has 0 N–H and O–H groups in total. The van der Waals surface area contributed by atoms with Gasteiger partial charge in [-0.1, -0.05) is 18.2 Å². The molecule has 0 aliphatic carbocycles. The minimum absolute atomic E-state index is 0.145. The van der Waals surface area contributed by atoms with Gasteiger partial charge in [-0.05, 0) is 18.4 Å². The molecule has 0 radical (unpaired) electrons. The molecule has 0 saturated carbocycles. The molecule has 0 heterocycles. The molecule has 78 valence electrons. The van der Waals surface area contributed by atoms with Crippen molar-refractivity contribution < 1.29 is 8.42 Å². The minimum atomic E-state index is -3.63. The maximum Gasteiger partial charge on any atom is 0.217 e. The summed E-state index contributed by atoms with van der Waals surface area (Å²) in [6, 6.07) is 9.62. The number of hydrogen-bond donors (Lipinski definition) is 0. The van der Waals surface area contributed by atoms with E-state index in [-0.39, 0.29) is 9.80 Å². The van der Waals surface area contributed by atoms with Gasteiger partial charge >= 0.3 is 0 Å². The predicted octanol–water partition coefficient (Wildman–Crippen LogP) is 2.19. The van der Waals surface area contributed by atoms with Crippen molar-refractivity contribution >= 4 is 21.6 Å². The van der Waals surface area contributed by atoms with Gasteiger partial charge in [-0.2, -0.15) is 5.26 Å². The van der Waals surface area contributed by atoms with Crippen molar-refractivity contribution in [1.29, 1.82) is 5.26 Å². The fourth-order valence-electron chi connectivity index (χ4n) is 0.983. The molecule has 15 heavy (non-hydrogen) atoms. The zero-order valence-corrected chi connectivity index (χ0v) is 9.68. The van der Waals surface area contributed by atoms with Crippen LogP contribution in [0, 0.1) is 11.3 Å². The lowest BCUT2D eigenvalue weighted by Crippen LogP contribution is -2.02. The molecule has 0 aliphatic rings. The summed E-state index contributed by atoms with van der Waals surface area (Å²) >= 11 is 1.19. The Morgan fingerprint density at radius 1 is 1.40 bits per heavy atom. The summed E-state index contributed by atoms with van der Waals surface area (Å²) in [6.07, 6.45) is 1.71. The molecule has 1 rings (SSSR count). The number of sulfone groups is 1. The molecule has 1 aromatic carbocycles. The number of nitriles is 1. The summed E-state index contributed by atoms with van der Waals surface area (Å²) in [5.74, 6) is 0. The lowest BCUT2D eigenvalue weighted by molar-refractivity contribution is 0.603. The summed E-state index contributed by atoms with van der Waals surface area (Å²) in [7, 11) is -3.63. The van der Waals surface area contributed by atoms with E-state index in [2.05, 4.69) is 0 Å². The van der Waals surface area contributed by atoms with Gasteiger partial charge in [0.25, 0.3) is 0 Å². The van der Waals surface area contributed by atoms with E-state index in [0.717, 1.165) is 0 Å². The van der Waals surface area contributed by atoms with E-state index in [0.29, 0.717) is 0 Å². The van der Waals surface area contributed by atoms with E-state index in [9.17, 15) is 8.42 Å². The Kier molecular flexibility index (Phi) is 3.95. The molecule has 0 amide bonds. The van der Waals surface area contributed by atoms with Gasteiger partial charge in [0.1, 0.15) is 6.07 Å². The van der Waals surface area contributed by atoms with Crippen LogP contribution in [0.3, 0.4) is 0 Å². The van der Waals surface area contributed by atoms with Gasteiger partial charge in [0, 0.05) is 5.41 Å². The predicted molar refractivity (Wildman–Crippen MR) is 60.8 cm³/mol. The molecule has 0 spiro atoms. The Hall–Kier alpha value is -1.25. The first kappa shape index (κ1) is 11.8. The molecule has 0 bridgehead atoms. The Morgan fingerprint density at radius 3 is 2.47 bits per heavy atom. The number of allylic oxidation sites excluding steroid dienone is 1. The van der Waals surface area contributed by atoms with E-state index in [1.54, 1.807) is 30.5 Å². The summed E-state index contributed by atoms with van der Waals surface area (Å²) in [5, 5.41) is 10.1. The molecule has 0 aromatic heterocycles. The van der Waals surface area contributed by atoms with Gasteiger partial charge in [-0.3, -0.25) is 0 Å². The summed E-state index contributed by atoms with van der Waals surface area (Å²) in [5.41, 5.74) is 0. The average molecular weight is 239 g/mol. The molecule has 1 aromatic rings. The van der Waals surface area contributed by atoms with Crippen molar-refractivity contribution in [2.75, 3.05) is 6.26 Å². The summed E-state index contributed by atoms with van der Waals surface area (Å²) in [6.45, 7) is 0. The number of rotatable bonds is 3. The molecular weight excluding hydrogens is 230 g/mol. The number of nitrogens with zero attached hydrogens (tertiary/aromatic N) is 1. The maximum atomic E-state index is 11.8. The molecule has 3 nitrogen and oxygen atoms in total. The van der Waals surface area contributed by atoms with Crippen LogP contribution in [0.2, 0.25) is 0 Å². The highest BCUT2D eigenvalue weighted by Gasteiger charge is 2.19. The molecule has 5 heteroatoms. The highest BCUT2D eigenvalue weighted by Crippen LogP contribution is 2.19. The Balaban J connectivity index is 3.27. The van der Waals surface area contributed by atoms with Crippen molar-refractivity contribution in [1.82, 2.24) is 0 Å². The van der Waals surface area contributed by atoms with E-state index < -0.39 is 9.84 Å². The van der Waals surface area contributed by atoms with E-state index in [1.165, 1.54) is 29.3 Å². The van der Waals surface area contributed by atoms with Gasteiger partial charge < -0.3 is 0 Å². The van der Waals surface area contributed by atoms with Crippen LogP contribution in [0.15, 0.2) is 45.5 Å². The topological polar surface area (TPSA) is 57.9 Å². The van der Waals surface area contributed by atoms with Crippen LogP contribution >= 0.6 is 11.8 Å². The van der Waals surface area contributed by atoms with Crippen molar-refractivity contribution in [3.05, 3.63) is 40.6 Å². The molecule has 0 unspecified atom stereocenters. The molecule has 0 saturated heterocycles. The fraction of sp³-hybridized carbons (Fsp3) is 0.100. The SMILES string of the molecule is CSC=C(C#N)S(=O)(=O)c1ccccc1. The number of thioether (sulfide) groups is 1. The largest absolute Gasteiger partial charge is 0.218 e. The first-order chi connectivity index (χ1) is 7.12. The molecule has 0 aliphatic heterocycles. The maximum absolute atomic E-state index is 11.8. The minimum Gasteiger partial charge on any atom is -0.218 e. The number of benzene rings is 1. The lowest BCUT2D eigenvalue weighted by Gasteiger charge is -2.01. The zero-order chi connectivity index (χ0) is 11.3. The smallest absolute Gasteiger partial charge is 0.217 e. The molecule has 0 atom stereocenters. The third-order valence-electron chi connectivity index (χ3n) is 1.68. The Bertz CT molecular complexity index is 498. The fourth-order valence-corrected chi connectivity index (χ4v) is 2.94. The van der Waals surface area contributed by atoms with Crippen LogP contribution in [-0.2, 0) is 9.84 Å². The molecule has 0 fully saturated rings. The number of hydrogen-bond acceptors (Lipinski definition) is 4. The standard InChI is InChI=1S/C10H9NO2S2/c1-14-8-10(7-11)15(12,13)9-5-3-2-4-6-9/h2-6,8H,1H3. The lowest BCUT2D eigenvalue weighted by atomic mass is 10.4. The third kappa shape index (κ3) is 2.61. The zero-order valence-electron chi connectivity index (χ0n) is 8.04. The highest BCUT2D eigenvalue weighted by molar-refractivity contribution is 8.03. The average Bonchev–Trinajstić information content (AvgIpc) is 2.27. The van der Waals surface area contributed by atoms with Crippen LogP contribution in [0.4, 0.5) is 0 Å². The second-order valence-corrected chi connectivity index (χ2v) is 5.27. The van der Waals surface area contributed by atoms with E-state index in [1.807, 2.05) is 0 Å². The van der Waals surface area contributed by atoms with Crippen LogP contribution in [-0.4, -0.2) is 14.7 Å². The van der Waals surface area contributed by atoms with Gasteiger partial charge in [-0.15, -0.1) is 11.8 Å². The first-order valence-electron chi connectivity index (χ1n) is 4.06.